The Kier molecular flexibility index (Phi) is 7.69. The fraction of sp³-hybridized carbons (Fsp3) is 0.360. The van der Waals surface area contributed by atoms with E-state index < -0.39 is 0 Å². The molecule has 11 nitrogen and oxygen atoms in total. The van der Waals surface area contributed by atoms with E-state index in [9.17, 15) is 4.79 Å². The van der Waals surface area contributed by atoms with Crippen molar-refractivity contribution in [3.8, 4) is 22.6 Å². The second kappa shape index (κ2) is 11.1. The molecular weight excluding hydrogens is 458 g/mol. The molecule has 0 unspecified atom stereocenters. The van der Waals surface area contributed by atoms with Crippen molar-refractivity contribution in [1.82, 2.24) is 34.5 Å². The SMILES string of the molecule is CCNc1cc(-c2c(-c3nncn3C)cnn2C)cc(NC)n1.O=Cc1cc(CO)cc(C2CC2)n1. The van der Waals surface area contributed by atoms with E-state index in [-0.39, 0.29) is 6.61 Å². The van der Waals surface area contributed by atoms with E-state index in [1.165, 1.54) is 0 Å². The van der Waals surface area contributed by atoms with Crippen molar-refractivity contribution in [3.63, 3.8) is 0 Å². The Hall–Kier alpha value is -4.12. The molecule has 0 amide bonds. The molecule has 3 N–H and O–H groups in total. The molecule has 0 aromatic carbocycles. The molecule has 188 valence electrons. The number of carbonyl (C=O) groups is 1. The van der Waals surface area contributed by atoms with Crippen LogP contribution in [0.5, 0.6) is 0 Å². The van der Waals surface area contributed by atoms with Crippen LogP contribution in [0.2, 0.25) is 0 Å². The van der Waals surface area contributed by atoms with Crippen LogP contribution < -0.4 is 10.6 Å². The van der Waals surface area contributed by atoms with Crippen LogP contribution in [0.4, 0.5) is 11.6 Å². The lowest BCUT2D eigenvalue weighted by Gasteiger charge is -2.11. The van der Waals surface area contributed by atoms with Crippen LogP contribution in [0.3, 0.4) is 0 Å². The summed E-state index contributed by atoms with van der Waals surface area (Å²) < 4.78 is 3.72. The Morgan fingerprint density at radius 2 is 1.92 bits per heavy atom. The largest absolute Gasteiger partial charge is 0.392 e. The highest BCUT2D eigenvalue weighted by Crippen LogP contribution is 2.39. The predicted octanol–water partition coefficient (Wildman–Crippen LogP) is 3.01. The van der Waals surface area contributed by atoms with Crippen molar-refractivity contribution in [2.75, 3.05) is 24.2 Å². The predicted molar refractivity (Wildman–Crippen MR) is 138 cm³/mol. The molecule has 5 rings (SSSR count). The van der Waals surface area contributed by atoms with Gasteiger partial charge in [0, 0.05) is 44.9 Å². The molecule has 4 aromatic heterocycles. The van der Waals surface area contributed by atoms with Gasteiger partial charge in [0.25, 0.3) is 0 Å². The summed E-state index contributed by atoms with van der Waals surface area (Å²) in [6, 6.07) is 7.52. The Morgan fingerprint density at radius 3 is 2.53 bits per heavy atom. The number of rotatable bonds is 8. The third-order valence-electron chi connectivity index (χ3n) is 5.83. The molecule has 1 fully saturated rings. The summed E-state index contributed by atoms with van der Waals surface area (Å²) in [5.41, 5.74) is 5.07. The second-order valence-corrected chi connectivity index (χ2v) is 8.58. The van der Waals surface area contributed by atoms with E-state index in [2.05, 4.69) is 35.9 Å². The number of aldehydes is 1. The summed E-state index contributed by atoms with van der Waals surface area (Å²) in [5.74, 6) is 2.91. The van der Waals surface area contributed by atoms with Gasteiger partial charge in [0.05, 0.1) is 24.1 Å². The van der Waals surface area contributed by atoms with Gasteiger partial charge >= 0.3 is 0 Å². The van der Waals surface area contributed by atoms with Crippen LogP contribution in [0.15, 0.2) is 36.8 Å². The number of pyridine rings is 2. The van der Waals surface area contributed by atoms with E-state index in [1.54, 1.807) is 12.4 Å². The highest BCUT2D eigenvalue weighted by atomic mass is 16.3. The first-order valence-electron chi connectivity index (χ1n) is 11.8. The zero-order valence-corrected chi connectivity index (χ0v) is 20.9. The Labute approximate surface area is 209 Å². The number of hydrogen-bond donors (Lipinski definition) is 3. The van der Waals surface area contributed by atoms with Gasteiger partial charge in [-0.2, -0.15) is 5.10 Å². The maximum atomic E-state index is 10.5. The first kappa shape index (κ1) is 25.0. The average Bonchev–Trinajstić information content (AvgIpc) is 3.56. The van der Waals surface area contributed by atoms with Crippen LogP contribution >= 0.6 is 0 Å². The van der Waals surface area contributed by atoms with E-state index in [0.29, 0.717) is 11.6 Å². The van der Waals surface area contributed by atoms with Gasteiger partial charge in [-0.1, -0.05) is 0 Å². The summed E-state index contributed by atoms with van der Waals surface area (Å²) in [5, 5.41) is 27.9. The standard InChI is InChI=1S/C15H20N8.C10H11NO2/c1-5-17-13-7-10(6-12(16-2)20-13)14-11(8-19-23(14)4)15-21-18-9-22(15)3;12-5-7-3-9(6-13)11-10(4-7)8-1-2-8/h6-9H,5H2,1-4H3,(H2,16,17,20);3-4,6,8,12H,1-2,5H2. The van der Waals surface area contributed by atoms with Crippen molar-refractivity contribution in [2.45, 2.75) is 32.3 Å². The summed E-state index contributed by atoms with van der Waals surface area (Å²) >= 11 is 0. The molecule has 0 aliphatic heterocycles. The molecule has 0 atom stereocenters. The minimum absolute atomic E-state index is 0.0247. The lowest BCUT2D eigenvalue weighted by Crippen LogP contribution is -2.04. The van der Waals surface area contributed by atoms with Crippen molar-refractivity contribution in [1.29, 1.82) is 0 Å². The molecule has 36 heavy (non-hydrogen) atoms. The van der Waals surface area contributed by atoms with E-state index in [0.717, 1.165) is 71.2 Å². The molecule has 4 heterocycles. The maximum Gasteiger partial charge on any atom is 0.168 e. The van der Waals surface area contributed by atoms with Crippen LogP contribution in [0.25, 0.3) is 22.6 Å². The van der Waals surface area contributed by atoms with E-state index in [1.807, 2.05) is 61.7 Å². The monoisotopic (exact) mass is 489 g/mol. The number of aryl methyl sites for hydroxylation is 2. The van der Waals surface area contributed by atoms with Gasteiger partial charge in [-0.05, 0) is 49.6 Å². The Balaban J connectivity index is 0.000000197. The van der Waals surface area contributed by atoms with Crippen molar-refractivity contribution < 1.29 is 9.90 Å². The number of carbonyl (C=O) groups excluding carboxylic acids is 1. The van der Waals surface area contributed by atoms with Gasteiger partial charge in [-0.3, -0.25) is 9.48 Å². The number of anilines is 2. The molecule has 0 saturated heterocycles. The molecule has 1 saturated carbocycles. The molecule has 0 radical (unpaired) electrons. The van der Waals surface area contributed by atoms with Crippen molar-refractivity contribution in [2.24, 2.45) is 14.1 Å². The van der Waals surface area contributed by atoms with Gasteiger partial charge in [0.2, 0.25) is 0 Å². The first-order chi connectivity index (χ1) is 17.5. The molecular formula is C25H31N9O2. The third-order valence-corrected chi connectivity index (χ3v) is 5.83. The summed E-state index contributed by atoms with van der Waals surface area (Å²) in [4.78, 5) is 19.2. The fourth-order valence-electron chi connectivity index (χ4n) is 3.91. The molecule has 0 bridgehead atoms. The van der Waals surface area contributed by atoms with Crippen LogP contribution in [-0.2, 0) is 20.7 Å². The van der Waals surface area contributed by atoms with Gasteiger partial charge in [0.15, 0.2) is 12.1 Å². The van der Waals surface area contributed by atoms with Crippen LogP contribution in [0, 0.1) is 0 Å². The smallest absolute Gasteiger partial charge is 0.168 e. The number of aliphatic hydroxyl groups is 1. The van der Waals surface area contributed by atoms with Crippen molar-refractivity contribution >= 4 is 17.9 Å². The lowest BCUT2D eigenvalue weighted by atomic mass is 10.1. The average molecular weight is 490 g/mol. The Morgan fingerprint density at radius 1 is 1.14 bits per heavy atom. The summed E-state index contributed by atoms with van der Waals surface area (Å²) in [6.45, 7) is 2.83. The van der Waals surface area contributed by atoms with Gasteiger partial charge in [-0.25, -0.2) is 9.97 Å². The second-order valence-electron chi connectivity index (χ2n) is 8.58. The summed E-state index contributed by atoms with van der Waals surface area (Å²) in [6.07, 6.45) is 6.53. The minimum atomic E-state index is -0.0247. The number of nitrogens with one attached hydrogen (secondary N) is 2. The molecule has 1 aliphatic carbocycles. The molecule has 4 aromatic rings. The minimum Gasteiger partial charge on any atom is -0.392 e. The highest BCUT2D eigenvalue weighted by Gasteiger charge is 2.25. The van der Waals surface area contributed by atoms with Gasteiger partial charge < -0.3 is 20.3 Å². The quantitative estimate of drug-likeness (QED) is 0.319. The summed E-state index contributed by atoms with van der Waals surface area (Å²) in [7, 11) is 5.69. The van der Waals surface area contributed by atoms with Crippen LogP contribution in [0.1, 0.15) is 47.4 Å². The molecule has 0 spiro atoms. The zero-order chi connectivity index (χ0) is 25.7. The highest BCUT2D eigenvalue weighted by molar-refractivity contribution is 5.80. The molecule has 1 aliphatic rings. The number of nitrogens with zero attached hydrogens (tertiary/aromatic N) is 7. The van der Waals surface area contributed by atoms with Crippen molar-refractivity contribution in [3.05, 3.63) is 53.7 Å². The fourth-order valence-corrected chi connectivity index (χ4v) is 3.91. The number of hydrogen-bond acceptors (Lipinski definition) is 9. The van der Waals surface area contributed by atoms with E-state index >= 15 is 0 Å². The number of aromatic nitrogens is 7. The van der Waals surface area contributed by atoms with Gasteiger partial charge in [0.1, 0.15) is 23.7 Å². The topological polar surface area (TPSA) is 136 Å². The van der Waals surface area contributed by atoms with Crippen LogP contribution in [-0.4, -0.2) is 59.5 Å². The number of aliphatic hydroxyl groups excluding tert-OH is 1. The first-order valence-corrected chi connectivity index (χ1v) is 11.8. The Bertz CT molecular complexity index is 1340. The normalized spacial score (nSPS) is 12.6. The maximum absolute atomic E-state index is 10.5. The lowest BCUT2D eigenvalue weighted by molar-refractivity contribution is 0.111. The van der Waals surface area contributed by atoms with E-state index in [4.69, 9.17) is 5.11 Å². The third kappa shape index (κ3) is 5.57. The zero-order valence-electron chi connectivity index (χ0n) is 20.9. The molecule has 11 heteroatoms. The van der Waals surface area contributed by atoms with Gasteiger partial charge in [-0.15, -0.1) is 10.2 Å².